The van der Waals surface area contributed by atoms with Crippen LogP contribution in [0.1, 0.15) is 25.5 Å². The quantitative estimate of drug-likeness (QED) is 0.625. The number of thioether (sulfide) groups is 1. The molecule has 0 fully saturated rings. The fourth-order valence-electron chi connectivity index (χ4n) is 1.19. The maximum atomic E-state index is 5.57. The lowest BCUT2D eigenvalue weighted by Crippen LogP contribution is -2.29. The predicted molar refractivity (Wildman–Crippen MR) is 74.2 cm³/mol. The molecule has 1 heterocycles. The Balaban J connectivity index is 2.46. The number of hydrazine groups is 1. The van der Waals surface area contributed by atoms with E-state index in [9.17, 15) is 0 Å². The van der Waals surface area contributed by atoms with Crippen molar-refractivity contribution in [3.8, 4) is 0 Å². The lowest BCUT2D eigenvalue weighted by Gasteiger charge is -2.15. The van der Waals surface area contributed by atoms with Crippen molar-refractivity contribution in [3.63, 3.8) is 0 Å². The van der Waals surface area contributed by atoms with Gasteiger partial charge in [0.15, 0.2) is 0 Å². The van der Waals surface area contributed by atoms with Gasteiger partial charge in [-0.05, 0) is 38.5 Å². The van der Waals surface area contributed by atoms with E-state index in [1.54, 1.807) is 11.3 Å². The first-order chi connectivity index (χ1) is 7.15. The van der Waals surface area contributed by atoms with Gasteiger partial charge >= 0.3 is 0 Å². The Morgan fingerprint density at radius 1 is 1.47 bits per heavy atom. The first-order valence-corrected chi connectivity index (χ1v) is 7.79. The zero-order valence-corrected chi connectivity index (χ0v) is 12.2. The van der Waals surface area contributed by atoms with Crippen molar-refractivity contribution in [2.24, 2.45) is 11.8 Å². The Bertz CT molecular complexity index is 289. The largest absolute Gasteiger partial charge is 0.271 e. The van der Waals surface area contributed by atoms with Gasteiger partial charge in [0.25, 0.3) is 0 Å². The highest BCUT2D eigenvalue weighted by Crippen LogP contribution is 2.29. The molecule has 15 heavy (non-hydrogen) atoms. The fourth-order valence-corrected chi connectivity index (χ4v) is 3.94. The van der Waals surface area contributed by atoms with E-state index in [2.05, 4.69) is 46.0 Å². The van der Waals surface area contributed by atoms with Crippen molar-refractivity contribution in [1.29, 1.82) is 0 Å². The Morgan fingerprint density at radius 2 is 2.20 bits per heavy atom. The molecule has 0 aliphatic rings. The third-order valence-corrected chi connectivity index (χ3v) is 5.18. The predicted octanol–water partition coefficient (Wildman–Crippen LogP) is 3.40. The normalized spacial score (nSPS) is 13.4. The molecule has 0 bridgehead atoms. The maximum Gasteiger partial charge on any atom is 0.0569 e. The van der Waals surface area contributed by atoms with Gasteiger partial charge in [-0.15, -0.1) is 0 Å². The van der Waals surface area contributed by atoms with Crippen LogP contribution in [0.25, 0.3) is 0 Å². The van der Waals surface area contributed by atoms with Crippen molar-refractivity contribution < 1.29 is 0 Å². The smallest absolute Gasteiger partial charge is 0.0569 e. The monoisotopic (exact) mass is 308 g/mol. The molecule has 1 aromatic rings. The van der Waals surface area contributed by atoms with Gasteiger partial charge < -0.3 is 0 Å². The van der Waals surface area contributed by atoms with Gasteiger partial charge in [-0.2, -0.15) is 23.1 Å². The summed E-state index contributed by atoms with van der Waals surface area (Å²) in [6, 6.07) is 0.245. The molecular weight excluding hydrogens is 292 g/mol. The fraction of sp³-hybridized carbons (Fsp3) is 0.600. The molecule has 5 heteroatoms. The molecule has 0 saturated heterocycles. The van der Waals surface area contributed by atoms with E-state index in [4.69, 9.17) is 5.84 Å². The van der Waals surface area contributed by atoms with E-state index in [1.807, 2.05) is 11.8 Å². The van der Waals surface area contributed by atoms with Gasteiger partial charge in [0.1, 0.15) is 0 Å². The van der Waals surface area contributed by atoms with Crippen LogP contribution < -0.4 is 11.3 Å². The Kier molecular flexibility index (Phi) is 6.23. The highest BCUT2D eigenvalue weighted by molar-refractivity contribution is 9.10. The van der Waals surface area contributed by atoms with E-state index in [-0.39, 0.29) is 6.04 Å². The molecule has 0 saturated carbocycles. The number of nitrogens with two attached hydrogens (primary N) is 1. The van der Waals surface area contributed by atoms with Crippen LogP contribution in [0.15, 0.2) is 15.2 Å². The van der Waals surface area contributed by atoms with Gasteiger partial charge in [0, 0.05) is 15.6 Å². The zero-order valence-electron chi connectivity index (χ0n) is 9.00. The second-order valence-corrected chi connectivity index (χ2v) is 6.50. The van der Waals surface area contributed by atoms with Gasteiger partial charge in [-0.1, -0.05) is 13.8 Å². The minimum Gasteiger partial charge on any atom is -0.271 e. The number of halogens is 1. The molecule has 1 rings (SSSR count). The van der Waals surface area contributed by atoms with E-state index in [0.717, 1.165) is 16.1 Å². The Hall–Kier alpha value is 0.450. The second-order valence-electron chi connectivity index (χ2n) is 3.83. The maximum absolute atomic E-state index is 5.57. The number of nitrogens with one attached hydrogen (secondary N) is 1. The van der Waals surface area contributed by atoms with Crippen LogP contribution in [0, 0.1) is 5.92 Å². The summed E-state index contributed by atoms with van der Waals surface area (Å²) in [7, 11) is 0. The van der Waals surface area contributed by atoms with E-state index < -0.39 is 0 Å². The van der Waals surface area contributed by atoms with Crippen LogP contribution in [-0.2, 0) is 0 Å². The third kappa shape index (κ3) is 4.44. The third-order valence-electron chi connectivity index (χ3n) is 1.95. The van der Waals surface area contributed by atoms with Crippen molar-refractivity contribution in [1.82, 2.24) is 5.43 Å². The van der Waals surface area contributed by atoms with Crippen LogP contribution in [0.2, 0.25) is 0 Å². The summed E-state index contributed by atoms with van der Waals surface area (Å²) < 4.78 is 1.15. The molecule has 0 aromatic carbocycles. The van der Waals surface area contributed by atoms with E-state index in [0.29, 0.717) is 0 Å². The number of hydrogen-bond acceptors (Lipinski definition) is 4. The number of hydrogen-bond donors (Lipinski definition) is 2. The second kappa shape index (κ2) is 6.91. The van der Waals surface area contributed by atoms with Crippen LogP contribution in [0.5, 0.6) is 0 Å². The molecule has 0 amide bonds. The lowest BCUT2D eigenvalue weighted by atomic mass is 10.2. The van der Waals surface area contributed by atoms with Crippen molar-refractivity contribution >= 4 is 39.0 Å². The van der Waals surface area contributed by atoms with Crippen molar-refractivity contribution in [3.05, 3.63) is 20.8 Å². The molecule has 0 spiro atoms. The van der Waals surface area contributed by atoms with Crippen LogP contribution in [0.3, 0.4) is 0 Å². The summed E-state index contributed by atoms with van der Waals surface area (Å²) in [4.78, 5) is 0. The topological polar surface area (TPSA) is 38.0 Å². The van der Waals surface area contributed by atoms with Crippen molar-refractivity contribution in [2.75, 3.05) is 11.5 Å². The Labute approximate surface area is 108 Å². The molecule has 3 N–H and O–H groups in total. The molecule has 2 nitrogen and oxygen atoms in total. The summed E-state index contributed by atoms with van der Waals surface area (Å²) in [6.45, 7) is 4.47. The van der Waals surface area contributed by atoms with Gasteiger partial charge in [0.05, 0.1) is 6.04 Å². The summed E-state index contributed by atoms with van der Waals surface area (Å²) in [6.07, 6.45) is 0. The highest BCUT2D eigenvalue weighted by Gasteiger charge is 2.13. The number of thiophene rings is 1. The van der Waals surface area contributed by atoms with Crippen LogP contribution in [0.4, 0.5) is 0 Å². The lowest BCUT2D eigenvalue weighted by molar-refractivity contribution is 0.609. The van der Waals surface area contributed by atoms with Gasteiger partial charge in [0.2, 0.25) is 0 Å². The minimum atomic E-state index is 0.245. The molecule has 0 aliphatic heterocycles. The molecule has 1 aromatic heterocycles. The zero-order chi connectivity index (χ0) is 11.3. The SMILES string of the molecule is CC(C)CSCC(NN)c1cscc1Br. The summed E-state index contributed by atoms with van der Waals surface area (Å²) in [5.41, 5.74) is 4.14. The van der Waals surface area contributed by atoms with Gasteiger partial charge in [-0.25, -0.2) is 0 Å². The molecule has 0 aliphatic carbocycles. The molecule has 1 atom stereocenters. The minimum absolute atomic E-state index is 0.245. The first-order valence-electron chi connectivity index (χ1n) is 4.90. The molecular formula is C10H17BrN2S2. The van der Waals surface area contributed by atoms with Crippen LogP contribution in [-0.4, -0.2) is 11.5 Å². The first kappa shape index (κ1) is 13.5. The average Bonchev–Trinajstić information content (AvgIpc) is 2.59. The number of rotatable bonds is 6. The molecule has 1 unspecified atom stereocenters. The van der Waals surface area contributed by atoms with E-state index in [1.165, 1.54) is 11.3 Å². The molecule has 86 valence electrons. The summed E-state index contributed by atoms with van der Waals surface area (Å²) >= 11 is 7.17. The Morgan fingerprint density at radius 3 is 2.67 bits per heavy atom. The summed E-state index contributed by atoms with van der Waals surface area (Å²) in [5.74, 6) is 8.50. The summed E-state index contributed by atoms with van der Waals surface area (Å²) in [5, 5.41) is 4.23. The van der Waals surface area contributed by atoms with Crippen LogP contribution >= 0.6 is 39.0 Å². The standard InChI is InChI=1S/C10H17BrN2S2/c1-7(2)3-14-6-10(13-12)8-4-15-5-9(8)11/h4-5,7,10,13H,3,6,12H2,1-2H3. The van der Waals surface area contributed by atoms with Gasteiger partial charge in [-0.3, -0.25) is 11.3 Å². The highest BCUT2D eigenvalue weighted by atomic mass is 79.9. The van der Waals surface area contributed by atoms with Crippen molar-refractivity contribution in [2.45, 2.75) is 19.9 Å². The molecule has 0 radical (unpaired) electrons. The average molecular weight is 309 g/mol. The van der Waals surface area contributed by atoms with E-state index >= 15 is 0 Å².